The van der Waals surface area contributed by atoms with Gasteiger partial charge in [0.1, 0.15) is 0 Å². The summed E-state index contributed by atoms with van der Waals surface area (Å²) in [6.07, 6.45) is 0.371. The molecule has 2 rings (SSSR count). The first-order chi connectivity index (χ1) is 9.49. The first-order valence-electron chi connectivity index (χ1n) is 5.92. The molecule has 2 aromatic rings. The van der Waals surface area contributed by atoms with Crippen LogP contribution in [0, 0.1) is 10.1 Å². The molecule has 6 heteroatoms. The Morgan fingerprint density at radius 3 is 2.70 bits per heavy atom. The van der Waals surface area contributed by atoms with Gasteiger partial charge in [0.2, 0.25) is 0 Å². The SMILES string of the molecule is NC(Cc1ccccc1[N+](=O)[O-])c1cc(Cl)ccc1Br. The molecule has 0 saturated carbocycles. The molecule has 0 amide bonds. The minimum absolute atomic E-state index is 0.0844. The van der Waals surface area contributed by atoms with Crippen molar-refractivity contribution in [1.29, 1.82) is 0 Å². The highest BCUT2D eigenvalue weighted by atomic mass is 79.9. The van der Waals surface area contributed by atoms with Gasteiger partial charge in [0, 0.05) is 27.2 Å². The Morgan fingerprint density at radius 1 is 1.30 bits per heavy atom. The van der Waals surface area contributed by atoms with Crippen molar-refractivity contribution in [1.82, 2.24) is 0 Å². The van der Waals surface area contributed by atoms with Gasteiger partial charge >= 0.3 is 0 Å². The number of halogens is 2. The van der Waals surface area contributed by atoms with Gasteiger partial charge in [-0.1, -0.05) is 45.7 Å². The number of nitro groups is 1. The van der Waals surface area contributed by atoms with Gasteiger partial charge in [-0.05, 0) is 30.2 Å². The number of para-hydroxylation sites is 1. The van der Waals surface area contributed by atoms with Crippen LogP contribution in [0.15, 0.2) is 46.9 Å². The van der Waals surface area contributed by atoms with E-state index in [2.05, 4.69) is 15.9 Å². The van der Waals surface area contributed by atoms with Crippen LogP contribution in [0.1, 0.15) is 17.2 Å². The molecule has 0 bridgehead atoms. The molecule has 1 atom stereocenters. The van der Waals surface area contributed by atoms with E-state index in [4.69, 9.17) is 17.3 Å². The van der Waals surface area contributed by atoms with E-state index in [9.17, 15) is 10.1 Å². The largest absolute Gasteiger partial charge is 0.324 e. The third-order valence-corrected chi connectivity index (χ3v) is 3.94. The molecular weight excluding hydrogens is 344 g/mol. The van der Waals surface area contributed by atoms with Crippen molar-refractivity contribution >= 4 is 33.2 Å². The maximum absolute atomic E-state index is 11.0. The molecule has 0 fully saturated rings. The summed E-state index contributed by atoms with van der Waals surface area (Å²) in [5.41, 5.74) is 7.68. The Hall–Kier alpha value is -1.43. The zero-order valence-corrected chi connectivity index (χ0v) is 12.8. The average molecular weight is 356 g/mol. The second-order valence-corrected chi connectivity index (χ2v) is 5.65. The molecule has 2 aromatic carbocycles. The third kappa shape index (κ3) is 3.36. The molecule has 0 aliphatic carbocycles. The quantitative estimate of drug-likeness (QED) is 0.658. The van der Waals surface area contributed by atoms with Crippen LogP contribution < -0.4 is 5.73 Å². The molecule has 0 radical (unpaired) electrons. The number of hydrogen-bond acceptors (Lipinski definition) is 3. The second kappa shape index (κ2) is 6.35. The van der Waals surface area contributed by atoms with E-state index >= 15 is 0 Å². The molecule has 0 spiro atoms. The number of hydrogen-bond donors (Lipinski definition) is 1. The maximum atomic E-state index is 11.0. The first kappa shape index (κ1) is 15.0. The van der Waals surface area contributed by atoms with Crippen LogP contribution >= 0.6 is 27.5 Å². The van der Waals surface area contributed by atoms with Gasteiger partial charge in [0.05, 0.1) is 4.92 Å². The van der Waals surface area contributed by atoms with Crippen LogP contribution in [-0.4, -0.2) is 4.92 Å². The second-order valence-electron chi connectivity index (χ2n) is 4.36. The highest BCUT2D eigenvalue weighted by molar-refractivity contribution is 9.10. The van der Waals surface area contributed by atoms with Crippen LogP contribution in [0.5, 0.6) is 0 Å². The molecule has 0 saturated heterocycles. The van der Waals surface area contributed by atoms with Gasteiger partial charge in [-0.3, -0.25) is 10.1 Å². The van der Waals surface area contributed by atoms with Crippen molar-refractivity contribution in [2.24, 2.45) is 5.73 Å². The van der Waals surface area contributed by atoms with Gasteiger partial charge in [-0.2, -0.15) is 0 Å². The first-order valence-corrected chi connectivity index (χ1v) is 7.09. The summed E-state index contributed by atoms with van der Waals surface area (Å²) in [4.78, 5) is 10.6. The average Bonchev–Trinajstić information content (AvgIpc) is 2.41. The summed E-state index contributed by atoms with van der Waals surface area (Å²) in [6.45, 7) is 0. The van der Waals surface area contributed by atoms with E-state index in [1.54, 1.807) is 30.3 Å². The predicted octanol–water partition coefficient (Wildman–Crippen LogP) is 4.25. The summed E-state index contributed by atoms with van der Waals surface area (Å²) in [5.74, 6) is 0. The summed E-state index contributed by atoms with van der Waals surface area (Å²) >= 11 is 9.38. The molecule has 104 valence electrons. The molecule has 1 unspecified atom stereocenters. The maximum Gasteiger partial charge on any atom is 0.272 e. The summed E-state index contributed by atoms with van der Waals surface area (Å²) < 4.78 is 0.841. The number of nitrogens with two attached hydrogens (primary N) is 1. The number of benzene rings is 2. The Balaban J connectivity index is 2.30. The van der Waals surface area contributed by atoms with Gasteiger partial charge < -0.3 is 5.73 Å². The molecular formula is C14H12BrClN2O2. The summed E-state index contributed by atoms with van der Waals surface area (Å²) in [5, 5.41) is 11.6. The fourth-order valence-electron chi connectivity index (χ4n) is 2.01. The normalized spacial score (nSPS) is 12.2. The van der Waals surface area contributed by atoms with E-state index in [1.165, 1.54) is 6.07 Å². The molecule has 2 N–H and O–H groups in total. The van der Waals surface area contributed by atoms with E-state index in [0.29, 0.717) is 17.0 Å². The lowest BCUT2D eigenvalue weighted by Crippen LogP contribution is -2.14. The van der Waals surface area contributed by atoms with Crippen LogP contribution in [0.4, 0.5) is 5.69 Å². The fourth-order valence-corrected chi connectivity index (χ4v) is 2.73. The lowest BCUT2D eigenvalue weighted by molar-refractivity contribution is -0.385. The zero-order valence-electron chi connectivity index (χ0n) is 10.4. The predicted molar refractivity (Wildman–Crippen MR) is 82.9 cm³/mol. The van der Waals surface area contributed by atoms with Crippen LogP contribution in [0.3, 0.4) is 0 Å². The van der Waals surface area contributed by atoms with Crippen molar-refractivity contribution in [3.63, 3.8) is 0 Å². The zero-order chi connectivity index (χ0) is 14.7. The Kier molecular flexibility index (Phi) is 4.75. The Labute approximate surface area is 129 Å². The highest BCUT2D eigenvalue weighted by Crippen LogP contribution is 2.29. The van der Waals surface area contributed by atoms with Crippen molar-refractivity contribution in [3.05, 3.63) is 73.2 Å². The molecule has 0 aliphatic heterocycles. The van der Waals surface area contributed by atoms with Crippen molar-refractivity contribution in [3.8, 4) is 0 Å². The monoisotopic (exact) mass is 354 g/mol. The number of rotatable bonds is 4. The smallest absolute Gasteiger partial charge is 0.272 e. The minimum atomic E-state index is -0.394. The van der Waals surface area contributed by atoms with Gasteiger partial charge in [-0.15, -0.1) is 0 Å². The third-order valence-electron chi connectivity index (χ3n) is 2.99. The summed E-state index contributed by atoms with van der Waals surface area (Å²) in [7, 11) is 0. The molecule has 4 nitrogen and oxygen atoms in total. The van der Waals surface area contributed by atoms with Crippen molar-refractivity contribution in [2.45, 2.75) is 12.5 Å². The van der Waals surface area contributed by atoms with Crippen LogP contribution in [-0.2, 0) is 6.42 Å². The van der Waals surface area contributed by atoms with E-state index in [-0.39, 0.29) is 11.7 Å². The lowest BCUT2D eigenvalue weighted by atomic mass is 9.98. The van der Waals surface area contributed by atoms with Crippen molar-refractivity contribution in [2.75, 3.05) is 0 Å². The van der Waals surface area contributed by atoms with Gasteiger partial charge in [0.25, 0.3) is 5.69 Å². The molecule has 0 aliphatic rings. The van der Waals surface area contributed by atoms with E-state index < -0.39 is 4.92 Å². The topological polar surface area (TPSA) is 69.2 Å². The van der Waals surface area contributed by atoms with Crippen molar-refractivity contribution < 1.29 is 4.92 Å². The minimum Gasteiger partial charge on any atom is -0.324 e. The van der Waals surface area contributed by atoms with Crippen LogP contribution in [0.2, 0.25) is 5.02 Å². The van der Waals surface area contributed by atoms with E-state index in [0.717, 1.165) is 10.0 Å². The highest BCUT2D eigenvalue weighted by Gasteiger charge is 2.17. The van der Waals surface area contributed by atoms with Gasteiger partial charge in [0.15, 0.2) is 0 Å². The molecule has 20 heavy (non-hydrogen) atoms. The Morgan fingerprint density at radius 2 is 2.00 bits per heavy atom. The number of nitrogens with zero attached hydrogens (tertiary/aromatic N) is 1. The number of nitro benzene ring substituents is 1. The Bertz CT molecular complexity index is 649. The van der Waals surface area contributed by atoms with E-state index in [1.807, 2.05) is 6.07 Å². The lowest BCUT2D eigenvalue weighted by Gasteiger charge is -2.14. The standard InChI is InChI=1S/C14H12BrClN2O2/c15-12-6-5-10(16)8-11(12)13(17)7-9-3-1-2-4-14(9)18(19)20/h1-6,8,13H,7,17H2. The van der Waals surface area contributed by atoms with Gasteiger partial charge in [-0.25, -0.2) is 0 Å². The van der Waals surface area contributed by atoms with Crippen LogP contribution in [0.25, 0.3) is 0 Å². The molecule has 0 aromatic heterocycles. The summed E-state index contributed by atoms with van der Waals surface area (Å²) in [6, 6.07) is 11.6. The fraction of sp³-hybridized carbons (Fsp3) is 0.143. The molecule has 0 heterocycles.